The smallest absolute Gasteiger partial charge is 0.338 e. The van der Waals surface area contributed by atoms with Crippen molar-refractivity contribution in [3.63, 3.8) is 0 Å². The maximum Gasteiger partial charge on any atom is 0.338 e. The highest BCUT2D eigenvalue weighted by Gasteiger charge is 2.45. The fourth-order valence-corrected chi connectivity index (χ4v) is 12.2. The molecule has 12 heteroatoms. The number of carbonyl (C=O) groups excluding carboxylic acids is 2. The maximum absolute atomic E-state index is 13.1. The van der Waals surface area contributed by atoms with Crippen LogP contribution in [-0.4, -0.2) is 99.7 Å². The van der Waals surface area contributed by atoms with E-state index < -0.39 is 52.1 Å². The number of rotatable bonds is 26. The van der Waals surface area contributed by atoms with Crippen LogP contribution in [0.2, 0.25) is 51.4 Å². The zero-order valence-electron chi connectivity index (χ0n) is 54.3. The van der Waals surface area contributed by atoms with Crippen molar-refractivity contribution < 1.29 is 48.2 Å². The lowest BCUT2D eigenvalue weighted by Gasteiger charge is -2.22. The molecule has 460 valence electrons. The molecule has 0 aliphatic carbocycles. The molecule has 2 heterocycles. The monoisotopic (exact) mass is 1180 g/mol. The van der Waals surface area contributed by atoms with E-state index in [4.69, 9.17) is 28.4 Å². The summed E-state index contributed by atoms with van der Waals surface area (Å²) in [5, 5.41) is 22.4. The molecule has 0 bridgehead atoms. The Morgan fingerprint density at radius 2 is 0.881 bits per heavy atom. The quantitative estimate of drug-likeness (QED) is 0.0356. The Morgan fingerprint density at radius 1 is 0.536 bits per heavy atom. The number of hydrogen-bond donors (Lipinski definition) is 2. The van der Waals surface area contributed by atoms with Gasteiger partial charge < -0.3 is 38.6 Å². The van der Waals surface area contributed by atoms with Crippen LogP contribution < -0.4 is 0 Å². The molecule has 10 nitrogen and oxygen atoms in total. The van der Waals surface area contributed by atoms with E-state index in [1.54, 1.807) is 0 Å². The van der Waals surface area contributed by atoms with Gasteiger partial charge in [-0.3, -0.25) is 0 Å². The number of allylic oxidation sites excluding steroid dienone is 2. The Morgan fingerprint density at radius 3 is 1.20 bits per heavy atom. The number of carbonyl (C=O) groups is 2. The van der Waals surface area contributed by atoms with Crippen LogP contribution in [0.15, 0.2) is 121 Å². The van der Waals surface area contributed by atoms with Gasteiger partial charge in [0.05, 0.1) is 36.5 Å². The summed E-state index contributed by atoms with van der Waals surface area (Å²) >= 11 is 0. The van der Waals surface area contributed by atoms with Gasteiger partial charge in [-0.2, -0.15) is 0 Å². The molecule has 0 radical (unpaired) electrons. The largest absolute Gasteiger partial charge is 0.462 e. The van der Waals surface area contributed by atoms with Crippen LogP contribution in [0.5, 0.6) is 0 Å². The molecular formula is C72H104O10Si2. The van der Waals surface area contributed by atoms with Crippen LogP contribution in [0.1, 0.15) is 133 Å². The highest BCUT2D eigenvalue weighted by Crippen LogP contribution is 2.35. The fourth-order valence-electron chi connectivity index (χ4n) is 10.8. The summed E-state index contributed by atoms with van der Waals surface area (Å²) in [4.78, 5) is 26.2. The predicted octanol–water partition coefficient (Wildman–Crippen LogP) is 16.3. The lowest BCUT2D eigenvalue weighted by atomic mass is 9.88. The van der Waals surface area contributed by atoms with Gasteiger partial charge in [-0.25, -0.2) is 9.59 Å². The number of aliphatic hydroxyl groups excluding tert-OH is 2. The molecule has 2 saturated heterocycles. The molecule has 8 atom stereocenters. The molecule has 2 aliphatic rings. The van der Waals surface area contributed by atoms with Crippen molar-refractivity contribution in [3.8, 4) is 0 Å². The SMILES string of the molecule is Cc1cc(C)c(C(=O)OCC[Si](C)(C)C)c(/C=C/C[C@@H]2OC(C)(C)O[C@@H]2C(O)/C=C\C(Cc2ccccc2)C(C)C)c1.Cc1cc(C)c(C(=O)OCC[Si](C)(C)C)c(/C=C/C[C@@H]2OC(C)(C)O[C@@H]2C(O)C=C[C@H](Cc2ccccc2)C(C)C)c1. The second-order valence-corrected chi connectivity index (χ2v) is 38.7. The Hall–Kier alpha value is -5.03. The third-order valence-corrected chi connectivity index (χ3v) is 18.9. The third kappa shape index (κ3) is 23.0. The Bertz CT molecular complexity index is 2640. The van der Waals surface area contributed by atoms with Crippen molar-refractivity contribution in [2.24, 2.45) is 23.7 Å². The molecule has 84 heavy (non-hydrogen) atoms. The van der Waals surface area contributed by atoms with E-state index in [9.17, 15) is 19.8 Å². The van der Waals surface area contributed by atoms with E-state index in [-0.39, 0.29) is 24.1 Å². The normalized spacial score (nSPS) is 20.5. The van der Waals surface area contributed by atoms with Crippen molar-refractivity contribution in [2.75, 3.05) is 13.2 Å². The van der Waals surface area contributed by atoms with Gasteiger partial charge >= 0.3 is 11.9 Å². The Labute approximate surface area is 508 Å². The van der Waals surface area contributed by atoms with Crippen molar-refractivity contribution in [3.05, 3.63) is 177 Å². The second-order valence-electron chi connectivity index (χ2n) is 27.5. The summed E-state index contributed by atoms with van der Waals surface area (Å²) in [6.45, 7) is 38.9. The van der Waals surface area contributed by atoms with Crippen molar-refractivity contribution in [1.82, 2.24) is 0 Å². The first-order valence-corrected chi connectivity index (χ1v) is 38.1. The van der Waals surface area contributed by atoms with E-state index in [2.05, 4.69) is 128 Å². The van der Waals surface area contributed by atoms with E-state index >= 15 is 0 Å². The van der Waals surface area contributed by atoms with Gasteiger partial charge in [0.2, 0.25) is 0 Å². The minimum Gasteiger partial charge on any atom is -0.462 e. The first-order valence-electron chi connectivity index (χ1n) is 30.7. The van der Waals surface area contributed by atoms with Gasteiger partial charge in [0, 0.05) is 16.1 Å². The number of aryl methyl sites for hydroxylation is 4. The maximum atomic E-state index is 13.1. The Balaban J connectivity index is 0.000000307. The van der Waals surface area contributed by atoms with Gasteiger partial charge in [-0.05, 0) is 150 Å². The molecule has 2 aliphatic heterocycles. The zero-order valence-corrected chi connectivity index (χ0v) is 56.3. The fraction of sp³-hybridized carbons (Fsp3) is 0.528. The van der Waals surface area contributed by atoms with Crippen LogP contribution in [0, 0.1) is 51.4 Å². The molecule has 6 rings (SSSR count). The number of esters is 2. The number of benzene rings is 4. The van der Waals surface area contributed by atoms with E-state index in [0.29, 0.717) is 60.9 Å². The molecule has 2 N–H and O–H groups in total. The van der Waals surface area contributed by atoms with Crippen LogP contribution in [0.3, 0.4) is 0 Å². The summed E-state index contributed by atoms with van der Waals surface area (Å²) in [6, 6.07) is 30.8. The highest BCUT2D eigenvalue weighted by molar-refractivity contribution is 6.76. The summed E-state index contributed by atoms with van der Waals surface area (Å²) in [6.07, 6.45) is 15.6. The van der Waals surface area contributed by atoms with Crippen molar-refractivity contribution >= 4 is 40.2 Å². The molecule has 0 saturated carbocycles. The first-order chi connectivity index (χ1) is 39.3. The van der Waals surface area contributed by atoms with Crippen molar-refractivity contribution in [2.45, 2.75) is 208 Å². The van der Waals surface area contributed by atoms with Crippen LogP contribution in [-0.2, 0) is 41.3 Å². The minimum atomic E-state index is -1.30. The van der Waals surface area contributed by atoms with E-state index in [0.717, 1.165) is 58.3 Å². The molecule has 0 aromatic heterocycles. The average molecular weight is 1190 g/mol. The summed E-state index contributed by atoms with van der Waals surface area (Å²) < 4.78 is 36.2. The summed E-state index contributed by atoms with van der Waals surface area (Å²) in [5.41, 5.74) is 9.43. The van der Waals surface area contributed by atoms with Gasteiger partial charge in [0.15, 0.2) is 11.6 Å². The molecule has 2 fully saturated rings. The highest BCUT2D eigenvalue weighted by atomic mass is 28.3. The lowest BCUT2D eigenvalue weighted by molar-refractivity contribution is -0.152. The van der Waals surface area contributed by atoms with Crippen LogP contribution >= 0.6 is 0 Å². The molecule has 3 unspecified atom stereocenters. The van der Waals surface area contributed by atoms with Gasteiger partial charge in [-0.15, -0.1) is 0 Å². The second kappa shape index (κ2) is 31.6. The van der Waals surface area contributed by atoms with Crippen molar-refractivity contribution in [1.29, 1.82) is 0 Å². The Kier molecular flexibility index (Phi) is 26.2. The third-order valence-electron chi connectivity index (χ3n) is 15.5. The van der Waals surface area contributed by atoms with E-state index in [1.165, 1.54) is 11.1 Å². The minimum absolute atomic E-state index is 0.277. The standard InChI is InChI=1S/2C36H52O5Si/c2*1-25(2)29(24-28-14-11-10-12-15-28)18-19-31(37)34-32(40-36(5,6)41-34)17-13-16-30-23-26(3)22-27(4)33(30)35(38)39-20-21-42(7,8)9/h2*10-16,18-19,22-23,25,29,31-32,34,37H,17,20-21,24H2,1-9H3/b16-13+,19-18?;16-13+,19-18-/t29-,31?,32+,34-;29?,31?,32-,34+/m10/s1. The van der Waals surface area contributed by atoms with Crippen LogP contribution in [0.4, 0.5) is 0 Å². The van der Waals surface area contributed by atoms with Gasteiger partial charge in [0.25, 0.3) is 0 Å². The topological polar surface area (TPSA) is 130 Å². The lowest BCUT2D eigenvalue weighted by Crippen LogP contribution is -2.34. The predicted molar refractivity (Wildman–Crippen MR) is 351 cm³/mol. The number of hydrogen-bond acceptors (Lipinski definition) is 10. The summed E-state index contributed by atoms with van der Waals surface area (Å²) in [7, 11) is -2.61. The molecule has 4 aromatic rings. The number of ether oxygens (including phenoxy) is 6. The van der Waals surface area contributed by atoms with Crippen LogP contribution in [0.25, 0.3) is 12.2 Å². The number of aliphatic hydroxyl groups is 2. The molecule has 0 spiro atoms. The van der Waals surface area contributed by atoms with Gasteiger partial charge in [0.1, 0.15) is 24.4 Å². The first kappa shape index (κ1) is 69.7. The summed E-state index contributed by atoms with van der Waals surface area (Å²) in [5.74, 6) is -0.706. The average Bonchev–Trinajstić information content (AvgIpc) is 3.92. The van der Waals surface area contributed by atoms with E-state index in [1.807, 2.05) is 128 Å². The zero-order chi connectivity index (χ0) is 62.2. The molecular weight excluding hydrogens is 1080 g/mol. The molecule has 0 amide bonds. The van der Waals surface area contributed by atoms with Gasteiger partial charge in [-0.1, -0.05) is 212 Å². The molecule has 4 aromatic carbocycles.